The van der Waals surface area contributed by atoms with Crippen molar-refractivity contribution in [1.82, 2.24) is 15.0 Å². The first-order chi connectivity index (χ1) is 24.3. The molecule has 9 aromatic rings. The lowest BCUT2D eigenvalue weighted by Gasteiger charge is -2.10. The summed E-state index contributed by atoms with van der Waals surface area (Å²) in [6.45, 7) is 0. The summed E-state index contributed by atoms with van der Waals surface area (Å²) in [4.78, 5) is 15.2. The Balaban J connectivity index is 1.16. The Bertz CT molecular complexity index is 2460. The summed E-state index contributed by atoms with van der Waals surface area (Å²) >= 11 is 1.82. The van der Waals surface area contributed by atoms with Gasteiger partial charge in [0.1, 0.15) is 0 Å². The van der Waals surface area contributed by atoms with Crippen molar-refractivity contribution in [2.45, 2.75) is 0 Å². The van der Waals surface area contributed by atoms with Crippen molar-refractivity contribution < 1.29 is 0 Å². The van der Waals surface area contributed by atoms with Crippen molar-refractivity contribution in [3.8, 4) is 67.5 Å². The molecule has 49 heavy (non-hydrogen) atoms. The third-order valence-electron chi connectivity index (χ3n) is 8.98. The van der Waals surface area contributed by atoms with Gasteiger partial charge in [-0.05, 0) is 39.4 Å². The van der Waals surface area contributed by atoms with Crippen LogP contribution < -0.4 is 0 Å². The molecule has 4 heteroatoms. The van der Waals surface area contributed by atoms with Gasteiger partial charge in [0.05, 0.1) is 0 Å². The second kappa shape index (κ2) is 12.4. The lowest BCUT2D eigenvalue weighted by atomic mass is 10.0. The summed E-state index contributed by atoms with van der Waals surface area (Å²) in [7, 11) is 0. The molecule has 0 N–H and O–H groups in total. The molecule has 9 rings (SSSR count). The summed E-state index contributed by atoms with van der Waals surface area (Å²) in [5, 5.41) is 2.51. The van der Waals surface area contributed by atoms with E-state index < -0.39 is 0 Å². The fraction of sp³-hybridized carbons (Fsp3) is 0. The third kappa shape index (κ3) is 5.58. The molecule has 0 aliphatic carbocycles. The lowest BCUT2D eigenvalue weighted by Crippen LogP contribution is -2.00. The molecular weight excluding hydrogens is 615 g/mol. The first-order valence-corrected chi connectivity index (χ1v) is 17.2. The van der Waals surface area contributed by atoms with E-state index in [9.17, 15) is 0 Å². The van der Waals surface area contributed by atoms with Gasteiger partial charge >= 0.3 is 0 Å². The molecular formula is C45H29N3S. The van der Waals surface area contributed by atoms with E-state index in [-0.39, 0.29) is 0 Å². The number of benzene rings is 7. The number of rotatable bonds is 6. The number of aromatic nitrogens is 3. The molecule has 0 saturated carbocycles. The van der Waals surface area contributed by atoms with Gasteiger partial charge in [-0.3, -0.25) is 0 Å². The molecule has 230 valence electrons. The van der Waals surface area contributed by atoms with Gasteiger partial charge in [0.15, 0.2) is 17.5 Å². The van der Waals surface area contributed by atoms with Crippen LogP contribution in [0.25, 0.3) is 87.7 Å². The molecule has 0 atom stereocenters. The maximum atomic E-state index is 5.08. The minimum atomic E-state index is 0.648. The van der Waals surface area contributed by atoms with E-state index in [2.05, 4.69) is 164 Å². The molecule has 0 bridgehead atoms. The Morgan fingerprint density at radius 2 is 0.735 bits per heavy atom. The Morgan fingerprint density at radius 1 is 0.306 bits per heavy atom. The molecule has 0 spiro atoms. The van der Waals surface area contributed by atoms with E-state index in [4.69, 9.17) is 15.0 Å². The van der Waals surface area contributed by atoms with Crippen LogP contribution in [-0.2, 0) is 0 Å². The van der Waals surface area contributed by atoms with Crippen molar-refractivity contribution in [2.24, 2.45) is 0 Å². The second-order valence-corrected chi connectivity index (χ2v) is 13.1. The van der Waals surface area contributed by atoms with Gasteiger partial charge in [0.25, 0.3) is 0 Å². The highest BCUT2D eigenvalue weighted by molar-refractivity contribution is 7.26. The Kier molecular flexibility index (Phi) is 7.34. The van der Waals surface area contributed by atoms with Gasteiger partial charge < -0.3 is 0 Å². The van der Waals surface area contributed by atoms with E-state index in [0.717, 1.165) is 27.8 Å². The van der Waals surface area contributed by atoms with Crippen LogP contribution in [0, 0.1) is 0 Å². The summed E-state index contributed by atoms with van der Waals surface area (Å²) in [6, 6.07) is 61.6. The standard InChI is InChI=1S/C45H29N3S/c1-4-11-30(12-5-1)32-19-23-35(24-20-32)43-46-44(36-25-21-33(22-26-36)31-13-6-2-7-14-31)48-45(47-43)37-27-28-39-40-18-10-17-38(34-15-8-3-9-16-34)42(40)49-41(39)29-37/h1-29H. The van der Waals surface area contributed by atoms with Crippen LogP contribution in [0.15, 0.2) is 176 Å². The first kappa shape index (κ1) is 29.0. The molecule has 2 heterocycles. The molecule has 0 fully saturated rings. The SMILES string of the molecule is c1ccc(-c2ccc(-c3nc(-c4ccc(-c5ccccc5)cc4)nc(-c4ccc5c(c4)sc4c(-c6ccccc6)cccc45)n3)cc2)cc1. The van der Waals surface area contributed by atoms with E-state index in [1.54, 1.807) is 0 Å². The molecule has 0 aliphatic rings. The quantitative estimate of drug-likeness (QED) is 0.181. The number of thiophene rings is 1. The molecule has 0 saturated heterocycles. The first-order valence-electron chi connectivity index (χ1n) is 16.4. The Morgan fingerprint density at radius 3 is 1.27 bits per heavy atom. The maximum Gasteiger partial charge on any atom is 0.164 e. The largest absolute Gasteiger partial charge is 0.208 e. The average Bonchev–Trinajstić information content (AvgIpc) is 3.57. The molecule has 0 unspecified atom stereocenters. The van der Waals surface area contributed by atoms with Gasteiger partial charge in [0, 0.05) is 36.9 Å². The third-order valence-corrected chi connectivity index (χ3v) is 10.2. The summed E-state index contributed by atoms with van der Waals surface area (Å²) < 4.78 is 2.49. The van der Waals surface area contributed by atoms with Crippen molar-refractivity contribution in [3.63, 3.8) is 0 Å². The van der Waals surface area contributed by atoms with E-state index >= 15 is 0 Å². The van der Waals surface area contributed by atoms with Gasteiger partial charge in [0.2, 0.25) is 0 Å². The zero-order chi connectivity index (χ0) is 32.6. The summed E-state index contributed by atoms with van der Waals surface area (Å²) in [5.74, 6) is 1.95. The normalized spacial score (nSPS) is 11.3. The van der Waals surface area contributed by atoms with Gasteiger partial charge in [-0.25, -0.2) is 15.0 Å². The predicted molar refractivity (Wildman–Crippen MR) is 205 cm³/mol. The zero-order valence-electron chi connectivity index (χ0n) is 26.5. The topological polar surface area (TPSA) is 38.7 Å². The monoisotopic (exact) mass is 643 g/mol. The van der Waals surface area contributed by atoms with Crippen LogP contribution in [0.1, 0.15) is 0 Å². The highest BCUT2D eigenvalue weighted by atomic mass is 32.1. The minimum absolute atomic E-state index is 0.648. The minimum Gasteiger partial charge on any atom is -0.208 e. The number of nitrogens with zero attached hydrogens (tertiary/aromatic N) is 3. The van der Waals surface area contributed by atoms with E-state index in [1.807, 2.05) is 23.5 Å². The second-order valence-electron chi connectivity index (χ2n) is 12.1. The maximum absolute atomic E-state index is 5.08. The smallest absolute Gasteiger partial charge is 0.164 e. The zero-order valence-corrected chi connectivity index (χ0v) is 27.3. The van der Waals surface area contributed by atoms with Gasteiger partial charge in [-0.15, -0.1) is 11.3 Å². The van der Waals surface area contributed by atoms with Crippen LogP contribution in [0.5, 0.6) is 0 Å². The number of fused-ring (bicyclic) bond motifs is 3. The van der Waals surface area contributed by atoms with Crippen molar-refractivity contribution in [1.29, 1.82) is 0 Å². The molecule has 0 radical (unpaired) electrons. The molecule has 7 aromatic carbocycles. The van der Waals surface area contributed by atoms with Gasteiger partial charge in [-0.2, -0.15) is 0 Å². The molecule has 0 amide bonds. The van der Waals surface area contributed by atoms with E-state index in [1.165, 1.54) is 42.4 Å². The van der Waals surface area contributed by atoms with Crippen LogP contribution in [-0.4, -0.2) is 15.0 Å². The molecule has 3 nitrogen and oxygen atoms in total. The average molecular weight is 644 g/mol. The Hall–Kier alpha value is -6.23. The fourth-order valence-electron chi connectivity index (χ4n) is 6.43. The van der Waals surface area contributed by atoms with Crippen molar-refractivity contribution >= 4 is 31.5 Å². The van der Waals surface area contributed by atoms with Crippen molar-refractivity contribution in [2.75, 3.05) is 0 Å². The van der Waals surface area contributed by atoms with Crippen molar-refractivity contribution in [3.05, 3.63) is 176 Å². The van der Waals surface area contributed by atoms with Crippen LogP contribution in [0.4, 0.5) is 0 Å². The van der Waals surface area contributed by atoms with Crippen LogP contribution in [0.2, 0.25) is 0 Å². The molecule has 0 aliphatic heterocycles. The summed E-state index contributed by atoms with van der Waals surface area (Å²) in [5.41, 5.74) is 10.00. The number of hydrogen-bond acceptors (Lipinski definition) is 4. The number of hydrogen-bond donors (Lipinski definition) is 0. The Labute approximate surface area is 288 Å². The molecule has 2 aromatic heterocycles. The van der Waals surface area contributed by atoms with Gasteiger partial charge in [-0.1, -0.05) is 170 Å². The highest BCUT2D eigenvalue weighted by Gasteiger charge is 2.16. The van der Waals surface area contributed by atoms with Crippen LogP contribution in [0.3, 0.4) is 0 Å². The predicted octanol–water partition coefficient (Wildman–Crippen LogP) is 12.2. The summed E-state index contributed by atoms with van der Waals surface area (Å²) in [6.07, 6.45) is 0. The van der Waals surface area contributed by atoms with Crippen LogP contribution >= 0.6 is 11.3 Å². The highest BCUT2D eigenvalue weighted by Crippen LogP contribution is 2.41. The fourth-order valence-corrected chi connectivity index (χ4v) is 7.71. The lowest BCUT2D eigenvalue weighted by molar-refractivity contribution is 1.07. The van der Waals surface area contributed by atoms with E-state index in [0.29, 0.717) is 17.5 Å².